The molecule has 0 unspecified atom stereocenters. The second kappa shape index (κ2) is 5.71. The van der Waals surface area contributed by atoms with Gasteiger partial charge in [-0.15, -0.1) is 0 Å². The Morgan fingerprint density at radius 1 is 1.44 bits per heavy atom. The number of carboxylic acid groups (broad SMARTS) is 1. The predicted octanol–water partition coefficient (Wildman–Crippen LogP) is 3.54. The number of rotatable bonds is 4. The normalized spacial score (nSPS) is 11.1. The van der Waals surface area contributed by atoms with Crippen molar-refractivity contribution in [3.8, 4) is 0 Å². The van der Waals surface area contributed by atoms with E-state index in [9.17, 15) is 9.59 Å². The van der Waals surface area contributed by atoms with Crippen LogP contribution in [0.3, 0.4) is 0 Å². The average molecular weight is 335 g/mol. The van der Waals surface area contributed by atoms with Gasteiger partial charge in [0.25, 0.3) is 0 Å². The highest BCUT2D eigenvalue weighted by Gasteiger charge is 2.30. The van der Waals surface area contributed by atoms with Gasteiger partial charge in [0.15, 0.2) is 0 Å². The van der Waals surface area contributed by atoms with Crippen molar-refractivity contribution < 1.29 is 14.7 Å². The molecular weight excluding hydrogens is 321 g/mol. The van der Waals surface area contributed by atoms with Gasteiger partial charge in [-0.1, -0.05) is 11.6 Å². The summed E-state index contributed by atoms with van der Waals surface area (Å²) in [6.45, 7) is 3.00. The first kappa shape index (κ1) is 15.0. The molecule has 4 nitrogen and oxygen atoms in total. The van der Waals surface area contributed by atoms with Gasteiger partial charge in [-0.2, -0.15) is 0 Å². The molecule has 0 fully saturated rings. The quantitative estimate of drug-likeness (QED) is 0.885. The Hall–Kier alpha value is -1.07. The molecule has 0 atom stereocenters. The van der Waals surface area contributed by atoms with Crippen molar-refractivity contribution in [3.63, 3.8) is 0 Å². The van der Waals surface area contributed by atoms with Gasteiger partial charge in [0, 0.05) is 15.9 Å². The molecule has 1 aromatic carbocycles. The Balaban J connectivity index is 2.77. The molecule has 18 heavy (non-hydrogen) atoms. The van der Waals surface area contributed by atoms with E-state index in [0.29, 0.717) is 15.2 Å². The Morgan fingerprint density at radius 3 is 2.61 bits per heavy atom. The topological polar surface area (TPSA) is 66.4 Å². The van der Waals surface area contributed by atoms with Crippen LogP contribution in [0.15, 0.2) is 22.7 Å². The zero-order valence-electron chi connectivity index (χ0n) is 9.96. The Kier molecular flexibility index (Phi) is 4.76. The number of carboxylic acids is 1. The molecule has 0 aliphatic carbocycles. The summed E-state index contributed by atoms with van der Waals surface area (Å²) in [5, 5.41) is 12.1. The van der Waals surface area contributed by atoms with Crippen molar-refractivity contribution in [1.29, 1.82) is 0 Å². The van der Waals surface area contributed by atoms with E-state index < -0.39 is 11.4 Å². The van der Waals surface area contributed by atoms with Crippen LogP contribution in [0.4, 0.5) is 5.69 Å². The molecule has 0 aliphatic rings. The summed E-state index contributed by atoms with van der Waals surface area (Å²) in [7, 11) is 0. The van der Waals surface area contributed by atoms with Crippen molar-refractivity contribution >= 4 is 45.1 Å². The number of aliphatic carboxylic acids is 1. The summed E-state index contributed by atoms with van der Waals surface area (Å²) < 4.78 is 0.688. The van der Waals surface area contributed by atoms with E-state index in [-0.39, 0.29) is 12.3 Å². The number of hydrogen-bond acceptors (Lipinski definition) is 2. The predicted molar refractivity (Wildman–Crippen MR) is 73.8 cm³/mol. The number of nitrogens with one attached hydrogen (secondary N) is 1. The lowest BCUT2D eigenvalue weighted by Gasteiger charge is -2.18. The minimum Gasteiger partial charge on any atom is -0.481 e. The Morgan fingerprint density at radius 2 is 2.06 bits per heavy atom. The van der Waals surface area contributed by atoms with Crippen LogP contribution in [0, 0.1) is 5.41 Å². The van der Waals surface area contributed by atoms with Crippen LogP contribution in [-0.4, -0.2) is 17.0 Å². The lowest BCUT2D eigenvalue weighted by atomic mass is 9.89. The molecule has 0 heterocycles. The summed E-state index contributed by atoms with van der Waals surface area (Å²) in [6, 6.07) is 4.99. The third kappa shape index (κ3) is 3.99. The maximum atomic E-state index is 11.8. The van der Waals surface area contributed by atoms with E-state index in [1.165, 1.54) is 13.8 Å². The Bertz CT molecular complexity index is 488. The van der Waals surface area contributed by atoms with Crippen molar-refractivity contribution in [2.75, 3.05) is 5.32 Å². The SMILES string of the molecule is CC(C)(CC(=O)Nc1cc(Cl)ccc1Br)C(=O)O. The minimum absolute atomic E-state index is 0.110. The first-order valence-corrected chi connectivity index (χ1v) is 6.38. The number of benzene rings is 1. The van der Waals surface area contributed by atoms with Gasteiger partial charge in [0.2, 0.25) is 5.91 Å². The van der Waals surface area contributed by atoms with Crippen LogP contribution in [-0.2, 0) is 9.59 Å². The van der Waals surface area contributed by atoms with Crippen molar-refractivity contribution in [2.24, 2.45) is 5.41 Å². The Labute approximate surface area is 118 Å². The van der Waals surface area contributed by atoms with Gasteiger partial charge in [-0.25, -0.2) is 0 Å². The van der Waals surface area contributed by atoms with Crippen LogP contribution >= 0.6 is 27.5 Å². The van der Waals surface area contributed by atoms with E-state index in [1.807, 2.05) is 0 Å². The van der Waals surface area contributed by atoms with Crippen molar-refractivity contribution in [2.45, 2.75) is 20.3 Å². The fourth-order valence-electron chi connectivity index (χ4n) is 1.26. The molecule has 0 aromatic heterocycles. The first-order chi connectivity index (χ1) is 8.22. The van der Waals surface area contributed by atoms with Crippen LogP contribution in [0.5, 0.6) is 0 Å². The molecule has 0 bridgehead atoms. The average Bonchev–Trinajstić information content (AvgIpc) is 2.22. The summed E-state index contributed by atoms with van der Waals surface area (Å²) >= 11 is 9.10. The second-order valence-electron chi connectivity index (χ2n) is 4.54. The molecule has 0 saturated heterocycles. The smallest absolute Gasteiger partial charge is 0.309 e. The van der Waals surface area contributed by atoms with Crippen molar-refractivity contribution in [1.82, 2.24) is 0 Å². The summed E-state index contributed by atoms with van der Waals surface area (Å²) in [6.07, 6.45) is -0.110. The monoisotopic (exact) mass is 333 g/mol. The number of carbonyl (C=O) groups is 2. The minimum atomic E-state index is -1.10. The standard InChI is InChI=1S/C12H13BrClNO3/c1-12(2,11(17)18)6-10(16)15-9-5-7(14)3-4-8(9)13/h3-5H,6H2,1-2H3,(H,15,16)(H,17,18). The fraction of sp³-hybridized carbons (Fsp3) is 0.333. The second-order valence-corrected chi connectivity index (χ2v) is 5.83. The number of anilines is 1. The molecule has 0 aliphatic heterocycles. The molecule has 0 spiro atoms. The molecule has 1 rings (SSSR count). The van der Waals surface area contributed by atoms with E-state index >= 15 is 0 Å². The maximum Gasteiger partial charge on any atom is 0.309 e. The van der Waals surface area contributed by atoms with Gasteiger partial charge in [-0.05, 0) is 48.0 Å². The van der Waals surface area contributed by atoms with Gasteiger partial charge in [0.1, 0.15) is 0 Å². The molecule has 1 aromatic rings. The molecular formula is C12H13BrClNO3. The van der Waals surface area contributed by atoms with Crippen LogP contribution in [0.1, 0.15) is 20.3 Å². The van der Waals surface area contributed by atoms with Gasteiger partial charge < -0.3 is 10.4 Å². The van der Waals surface area contributed by atoms with E-state index in [0.717, 1.165) is 0 Å². The van der Waals surface area contributed by atoms with Crippen molar-refractivity contribution in [3.05, 3.63) is 27.7 Å². The molecule has 98 valence electrons. The van der Waals surface area contributed by atoms with Gasteiger partial charge in [0.05, 0.1) is 11.1 Å². The number of halogens is 2. The summed E-state index contributed by atoms with van der Waals surface area (Å²) in [5.41, 5.74) is -0.580. The highest BCUT2D eigenvalue weighted by atomic mass is 79.9. The summed E-state index contributed by atoms with van der Waals surface area (Å²) in [4.78, 5) is 22.7. The van der Waals surface area contributed by atoms with Crippen LogP contribution < -0.4 is 5.32 Å². The van der Waals surface area contributed by atoms with Crippen LogP contribution in [0.25, 0.3) is 0 Å². The summed E-state index contributed by atoms with van der Waals surface area (Å²) in [5.74, 6) is -1.38. The van der Waals surface area contributed by atoms with E-state index in [2.05, 4.69) is 21.2 Å². The maximum absolute atomic E-state index is 11.8. The number of amides is 1. The van der Waals surface area contributed by atoms with E-state index in [4.69, 9.17) is 16.7 Å². The molecule has 0 radical (unpaired) electrons. The zero-order valence-corrected chi connectivity index (χ0v) is 12.3. The largest absolute Gasteiger partial charge is 0.481 e. The van der Waals surface area contributed by atoms with Crippen LogP contribution in [0.2, 0.25) is 5.02 Å². The lowest BCUT2D eigenvalue weighted by Crippen LogP contribution is -2.29. The molecule has 6 heteroatoms. The molecule has 2 N–H and O–H groups in total. The third-order valence-corrected chi connectivity index (χ3v) is 3.31. The number of hydrogen-bond donors (Lipinski definition) is 2. The lowest BCUT2D eigenvalue weighted by molar-refractivity contribution is -0.148. The molecule has 1 amide bonds. The first-order valence-electron chi connectivity index (χ1n) is 5.20. The highest BCUT2D eigenvalue weighted by Crippen LogP contribution is 2.27. The van der Waals surface area contributed by atoms with Gasteiger partial charge in [-0.3, -0.25) is 9.59 Å². The van der Waals surface area contributed by atoms with E-state index in [1.54, 1.807) is 18.2 Å². The number of carbonyl (C=O) groups excluding carboxylic acids is 1. The molecule has 0 saturated carbocycles. The highest BCUT2D eigenvalue weighted by molar-refractivity contribution is 9.10. The van der Waals surface area contributed by atoms with Gasteiger partial charge >= 0.3 is 5.97 Å². The third-order valence-electron chi connectivity index (χ3n) is 2.38. The fourth-order valence-corrected chi connectivity index (χ4v) is 1.78. The zero-order chi connectivity index (χ0) is 13.9.